The van der Waals surface area contributed by atoms with Crippen LogP contribution in [0, 0.1) is 13.8 Å². The lowest BCUT2D eigenvalue weighted by molar-refractivity contribution is -0.141. The lowest BCUT2D eigenvalue weighted by Gasteiger charge is -2.09. The lowest BCUT2D eigenvalue weighted by atomic mass is 10.0. The first kappa shape index (κ1) is 22.2. The number of pyridine rings is 2. The smallest absolute Gasteiger partial charge is 0.309 e. The number of aryl methyl sites for hydroxylation is 2. The minimum Gasteiger partial charge on any atom is -0.309 e. The van der Waals surface area contributed by atoms with Crippen LogP contribution < -0.4 is 5.32 Å². The number of alkyl halides is 3. The zero-order valence-electron chi connectivity index (χ0n) is 18.1. The van der Waals surface area contributed by atoms with E-state index in [0.717, 1.165) is 23.5 Å². The molecule has 4 aromatic rings. The van der Waals surface area contributed by atoms with Crippen LogP contribution in [0.15, 0.2) is 48.9 Å². The fourth-order valence-corrected chi connectivity index (χ4v) is 3.60. The molecule has 1 amide bonds. The van der Waals surface area contributed by atoms with Crippen LogP contribution in [-0.2, 0) is 24.6 Å². The van der Waals surface area contributed by atoms with E-state index in [2.05, 4.69) is 25.5 Å². The van der Waals surface area contributed by atoms with Crippen LogP contribution in [-0.4, -0.2) is 35.4 Å². The highest BCUT2D eigenvalue weighted by Crippen LogP contribution is 2.32. The number of hydrogen-bond donors (Lipinski definition) is 1. The zero-order valence-corrected chi connectivity index (χ0v) is 18.1. The van der Waals surface area contributed by atoms with Gasteiger partial charge in [-0.3, -0.25) is 19.1 Å². The van der Waals surface area contributed by atoms with Crippen molar-refractivity contribution in [3.63, 3.8) is 0 Å². The number of carbonyl (C=O) groups is 1. The van der Waals surface area contributed by atoms with Crippen LogP contribution in [0.25, 0.3) is 22.4 Å². The molecular weight excluding hydrogens is 435 g/mol. The fraction of sp³-hybridized carbons (Fsp3) is 0.227. The normalized spacial score (nSPS) is 11.6. The summed E-state index contributed by atoms with van der Waals surface area (Å²) in [6.45, 7) is 3.27. The van der Waals surface area contributed by atoms with Crippen LogP contribution in [0.4, 0.5) is 19.0 Å². The number of anilines is 1. The molecule has 0 radical (unpaired) electrons. The molecule has 0 aliphatic heterocycles. The summed E-state index contributed by atoms with van der Waals surface area (Å²) in [6.07, 6.45) is -0.117. The highest BCUT2D eigenvalue weighted by molar-refractivity contribution is 5.89. The molecule has 1 N–H and O–H groups in total. The Hall–Kier alpha value is -4.02. The number of aromatic nitrogens is 6. The SMILES string of the molecule is Cc1nn(CC(=O)Nc2ccc(-c3ccnn3C)cn2)c(C)c1-c1ccnc(C(F)(F)F)c1. The molecule has 0 spiro atoms. The number of nitrogens with zero attached hydrogens (tertiary/aromatic N) is 6. The van der Waals surface area contributed by atoms with Crippen molar-refractivity contribution in [2.24, 2.45) is 7.05 Å². The van der Waals surface area contributed by atoms with E-state index in [9.17, 15) is 18.0 Å². The molecule has 170 valence electrons. The van der Waals surface area contributed by atoms with Gasteiger partial charge in [0.2, 0.25) is 5.91 Å². The summed E-state index contributed by atoms with van der Waals surface area (Å²) >= 11 is 0. The summed E-state index contributed by atoms with van der Waals surface area (Å²) in [5.74, 6) is 0.00951. The van der Waals surface area contributed by atoms with Crippen LogP contribution in [0.1, 0.15) is 17.1 Å². The van der Waals surface area contributed by atoms with Gasteiger partial charge >= 0.3 is 6.18 Å². The van der Waals surface area contributed by atoms with Gasteiger partial charge in [-0.15, -0.1) is 0 Å². The Balaban J connectivity index is 1.50. The highest BCUT2D eigenvalue weighted by atomic mass is 19.4. The molecule has 0 aliphatic carbocycles. The predicted molar refractivity (Wildman–Crippen MR) is 115 cm³/mol. The third kappa shape index (κ3) is 4.61. The van der Waals surface area contributed by atoms with Gasteiger partial charge < -0.3 is 5.32 Å². The van der Waals surface area contributed by atoms with Gasteiger partial charge in [0.15, 0.2) is 0 Å². The van der Waals surface area contributed by atoms with E-state index in [1.807, 2.05) is 19.2 Å². The summed E-state index contributed by atoms with van der Waals surface area (Å²) in [6, 6.07) is 7.83. The highest BCUT2D eigenvalue weighted by Gasteiger charge is 2.33. The molecule has 0 atom stereocenters. The van der Waals surface area contributed by atoms with Gasteiger partial charge in [0, 0.05) is 42.5 Å². The Labute approximate surface area is 187 Å². The van der Waals surface area contributed by atoms with E-state index in [0.29, 0.717) is 28.3 Å². The first-order valence-electron chi connectivity index (χ1n) is 9.95. The molecule has 0 fully saturated rings. The fourth-order valence-electron chi connectivity index (χ4n) is 3.60. The Bertz CT molecular complexity index is 1310. The largest absolute Gasteiger partial charge is 0.433 e. The monoisotopic (exact) mass is 455 g/mol. The standard InChI is InChI=1S/C22H20F3N7O/c1-13-21(15-6-8-26-18(10-15)22(23,24)25)14(2)32(30-13)12-20(33)29-19-5-4-16(11-27-19)17-7-9-28-31(17)3/h4-11H,12H2,1-3H3,(H,27,29,33). The molecule has 4 heterocycles. The van der Waals surface area contributed by atoms with Gasteiger partial charge in [-0.05, 0) is 49.7 Å². The second-order valence-corrected chi connectivity index (χ2v) is 7.45. The Kier molecular flexibility index (Phi) is 5.71. The molecule has 0 saturated heterocycles. The molecule has 4 aromatic heterocycles. The number of rotatable bonds is 5. The first-order valence-corrected chi connectivity index (χ1v) is 9.95. The second kappa shape index (κ2) is 8.49. The number of halogens is 3. The number of nitrogens with one attached hydrogen (secondary N) is 1. The Morgan fingerprint density at radius 2 is 1.85 bits per heavy atom. The maximum Gasteiger partial charge on any atom is 0.433 e. The van der Waals surface area contributed by atoms with Crippen molar-refractivity contribution in [2.75, 3.05) is 5.32 Å². The molecule has 11 heteroatoms. The van der Waals surface area contributed by atoms with Gasteiger partial charge in [-0.25, -0.2) is 4.98 Å². The number of hydrogen-bond acceptors (Lipinski definition) is 5. The van der Waals surface area contributed by atoms with Crippen LogP contribution in [0.5, 0.6) is 0 Å². The third-order valence-electron chi connectivity index (χ3n) is 5.16. The van der Waals surface area contributed by atoms with Gasteiger partial charge in [0.25, 0.3) is 0 Å². The van der Waals surface area contributed by atoms with Crippen LogP contribution in [0.2, 0.25) is 0 Å². The molecule has 33 heavy (non-hydrogen) atoms. The van der Waals surface area contributed by atoms with Crippen LogP contribution >= 0.6 is 0 Å². The molecule has 0 unspecified atom stereocenters. The predicted octanol–water partition coefficient (Wildman–Crippen LogP) is 4.01. The van der Waals surface area contributed by atoms with Crippen LogP contribution in [0.3, 0.4) is 0 Å². The summed E-state index contributed by atoms with van der Waals surface area (Å²) < 4.78 is 42.3. The Morgan fingerprint density at radius 1 is 1.06 bits per heavy atom. The maximum atomic E-state index is 13.0. The van der Waals surface area contributed by atoms with E-state index >= 15 is 0 Å². The van der Waals surface area contributed by atoms with Crippen molar-refractivity contribution in [1.29, 1.82) is 0 Å². The van der Waals surface area contributed by atoms with Gasteiger partial charge in [0.05, 0.1) is 11.4 Å². The third-order valence-corrected chi connectivity index (χ3v) is 5.16. The minimum atomic E-state index is -4.55. The van der Waals surface area contributed by atoms with Crippen molar-refractivity contribution in [3.8, 4) is 22.4 Å². The van der Waals surface area contributed by atoms with Crippen molar-refractivity contribution < 1.29 is 18.0 Å². The van der Waals surface area contributed by atoms with Gasteiger partial charge in [-0.2, -0.15) is 23.4 Å². The van der Waals surface area contributed by atoms with Gasteiger partial charge in [-0.1, -0.05) is 0 Å². The summed E-state index contributed by atoms with van der Waals surface area (Å²) in [7, 11) is 1.82. The summed E-state index contributed by atoms with van der Waals surface area (Å²) in [5.41, 5.74) is 2.72. The quantitative estimate of drug-likeness (QED) is 0.491. The van der Waals surface area contributed by atoms with E-state index in [-0.39, 0.29) is 12.5 Å². The summed E-state index contributed by atoms with van der Waals surface area (Å²) in [5, 5.41) is 11.2. The van der Waals surface area contributed by atoms with Crippen molar-refractivity contribution in [3.05, 3.63) is 66.0 Å². The maximum absolute atomic E-state index is 13.0. The molecule has 0 bridgehead atoms. The van der Waals surface area contributed by atoms with E-state index in [4.69, 9.17) is 0 Å². The molecule has 4 rings (SSSR count). The average Bonchev–Trinajstić information content (AvgIpc) is 3.30. The minimum absolute atomic E-state index is 0.116. The summed E-state index contributed by atoms with van der Waals surface area (Å²) in [4.78, 5) is 20.2. The lowest BCUT2D eigenvalue weighted by Crippen LogP contribution is -2.20. The zero-order chi connectivity index (χ0) is 23.8. The van der Waals surface area contributed by atoms with Crippen molar-refractivity contribution in [1.82, 2.24) is 29.5 Å². The molecule has 8 nitrogen and oxygen atoms in total. The van der Waals surface area contributed by atoms with Crippen molar-refractivity contribution >= 4 is 11.7 Å². The average molecular weight is 455 g/mol. The van der Waals surface area contributed by atoms with E-state index in [1.54, 1.807) is 37.0 Å². The van der Waals surface area contributed by atoms with E-state index < -0.39 is 11.9 Å². The number of amides is 1. The topological polar surface area (TPSA) is 90.5 Å². The molecule has 0 aliphatic rings. The van der Waals surface area contributed by atoms with Gasteiger partial charge in [0.1, 0.15) is 18.1 Å². The van der Waals surface area contributed by atoms with Crippen molar-refractivity contribution in [2.45, 2.75) is 26.6 Å². The molecular formula is C22H20F3N7O. The molecule has 0 saturated carbocycles. The molecule has 0 aromatic carbocycles. The number of carbonyl (C=O) groups excluding carboxylic acids is 1. The Morgan fingerprint density at radius 3 is 2.48 bits per heavy atom. The first-order chi connectivity index (χ1) is 15.6. The van der Waals surface area contributed by atoms with E-state index in [1.165, 1.54) is 10.7 Å². The second-order valence-electron chi connectivity index (χ2n) is 7.45.